The van der Waals surface area contributed by atoms with Gasteiger partial charge in [-0.25, -0.2) is 4.39 Å². The third kappa shape index (κ3) is 2.93. The molecule has 1 atom stereocenters. The number of aliphatic hydroxyl groups excluding tert-OH is 1. The zero-order valence-electron chi connectivity index (χ0n) is 11.3. The first-order valence-electron chi connectivity index (χ1n) is 6.20. The lowest BCUT2D eigenvalue weighted by molar-refractivity contribution is 0.194. The number of benzene rings is 2. The van der Waals surface area contributed by atoms with Crippen LogP contribution in [-0.4, -0.2) is 5.11 Å². The largest absolute Gasteiger partial charge is 0.454 e. The molecular weight excluding hydrogens is 243 g/mol. The van der Waals surface area contributed by atoms with Gasteiger partial charge in [0.15, 0.2) is 11.6 Å². The molecule has 0 aliphatic carbocycles. The predicted molar refractivity (Wildman–Crippen MR) is 73.0 cm³/mol. The van der Waals surface area contributed by atoms with Crippen LogP contribution in [0.4, 0.5) is 4.39 Å². The number of hydrogen-bond acceptors (Lipinski definition) is 2. The van der Waals surface area contributed by atoms with Crippen LogP contribution in [0, 0.1) is 19.7 Å². The maximum Gasteiger partial charge on any atom is 0.168 e. The van der Waals surface area contributed by atoms with Gasteiger partial charge in [-0.05, 0) is 44.0 Å². The highest BCUT2D eigenvalue weighted by molar-refractivity contribution is 5.43. The van der Waals surface area contributed by atoms with Crippen LogP contribution >= 0.6 is 0 Å². The molecule has 2 nitrogen and oxygen atoms in total. The van der Waals surface area contributed by atoms with E-state index in [1.165, 1.54) is 6.07 Å². The van der Waals surface area contributed by atoms with Gasteiger partial charge >= 0.3 is 0 Å². The van der Waals surface area contributed by atoms with Gasteiger partial charge in [-0.2, -0.15) is 0 Å². The Morgan fingerprint density at radius 1 is 1.16 bits per heavy atom. The predicted octanol–water partition coefficient (Wildman–Crippen LogP) is 4.29. The van der Waals surface area contributed by atoms with E-state index in [0.717, 1.165) is 11.1 Å². The number of halogens is 1. The molecule has 0 aliphatic heterocycles. The summed E-state index contributed by atoms with van der Waals surface area (Å²) in [5.74, 6) is 0.220. The van der Waals surface area contributed by atoms with Crippen molar-refractivity contribution in [1.29, 1.82) is 0 Å². The van der Waals surface area contributed by atoms with Crippen molar-refractivity contribution in [2.45, 2.75) is 26.9 Å². The van der Waals surface area contributed by atoms with Crippen LogP contribution in [0.5, 0.6) is 11.5 Å². The van der Waals surface area contributed by atoms with E-state index < -0.39 is 11.9 Å². The Morgan fingerprint density at radius 2 is 1.89 bits per heavy atom. The average molecular weight is 260 g/mol. The van der Waals surface area contributed by atoms with Gasteiger partial charge in [-0.15, -0.1) is 0 Å². The molecule has 0 saturated carbocycles. The summed E-state index contributed by atoms with van der Waals surface area (Å²) >= 11 is 0. The van der Waals surface area contributed by atoms with Crippen molar-refractivity contribution in [2.75, 3.05) is 0 Å². The van der Waals surface area contributed by atoms with Gasteiger partial charge in [0.1, 0.15) is 5.75 Å². The molecule has 0 bridgehead atoms. The average Bonchev–Trinajstić information content (AvgIpc) is 2.35. The fraction of sp³-hybridized carbons (Fsp3) is 0.250. The standard InChI is InChI=1S/C16H17FO2/c1-10-7-8-11(2)15(9-10)19-16-13(12(3)18)5-4-6-14(16)17/h4-9,12,18H,1-3H3/t12-/m1/s1. The minimum Gasteiger partial charge on any atom is -0.454 e. The van der Waals surface area contributed by atoms with Gasteiger partial charge in [0.25, 0.3) is 0 Å². The molecule has 0 saturated heterocycles. The summed E-state index contributed by atoms with van der Waals surface area (Å²) in [7, 11) is 0. The minimum absolute atomic E-state index is 0.0891. The van der Waals surface area contributed by atoms with Gasteiger partial charge in [0.2, 0.25) is 0 Å². The molecule has 0 radical (unpaired) electrons. The highest BCUT2D eigenvalue weighted by Crippen LogP contribution is 2.33. The van der Waals surface area contributed by atoms with E-state index >= 15 is 0 Å². The Labute approximate surface area is 112 Å². The van der Waals surface area contributed by atoms with Crippen LogP contribution in [0.1, 0.15) is 29.7 Å². The molecule has 0 aliphatic rings. The highest BCUT2D eigenvalue weighted by atomic mass is 19.1. The third-order valence-corrected chi connectivity index (χ3v) is 3.00. The van der Waals surface area contributed by atoms with Gasteiger partial charge in [0.05, 0.1) is 6.10 Å². The van der Waals surface area contributed by atoms with E-state index in [1.807, 2.05) is 32.0 Å². The van der Waals surface area contributed by atoms with E-state index in [-0.39, 0.29) is 5.75 Å². The normalized spacial score (nSPS) is 12.3. The van der Waals surface area contributed by atoms with Crippen molar-refractivity contribution in [1.82, 2.24) is 0 Å². The summed E-state index contributed by atoms with van der Waals surface area (Å²) in [5.41, 5.74) is 2.40. The van der Waals surface area contributed by atoms with Crippen LogP contribution in [-0.2, 0) is 0 Å². The molecule has 0 fully saturated rings. The fourth-order valence-electron chi connectivity index (χ4n) is 1.89. The van der Waals surface area contributed by atoms with Crippen molar-refractivity contribution in [2.24, 2.45) is 0 Å². The Kier molecular flexibility index (Phi) is 3.86. The zero-order valence-corrected chi connectivity index (χ0v) is 11.3. The third-order valence-electron chi connectivity index (χ3n) is 3.00. The van der Waals surface area contributed by atoms with E-state index in [0.29, 0.717) is 11.3 Å². The van der Waals surface area contributed by atoms with E-state index in [2.05, 4.69) is 0 Å². The van der Waals surface area contributed by atoms with Crippen molar-refractivity contribution in [3.05, 3.63) is 58.9 Å². The number of rotatable bonds is 3. The lowest BCUT2D eigenvalue weighted by atomic mass is 10.1. The topological polar surface area (TPSA) is 29.5 Å². The second kappa shape index (κ2) is 5.41. The first-order valence-corrected chi connectivity index (χ1v) is 6.20. The Balaban J connectivity index is 2.46. The lowest BCUT2D eigenvalue weighted by Gasteiger charge is -2.15. The number of para-hydroxylation sites is 1. The van der Waals surface area contributed by atoms with E-state index in [9.17, 15) is 9.50 Å². The number of ether oxygens (including phenoxy) is 1. The van der Waals surface area contributed by atoms with Crippen LogP contribution in [0.25, 0.3) is 0 Å². The Morgan fingerprint density at radius 3 is 2.58 bits per heavy atom. The van der Waals surface area contributed by atoms with Crippen molar-refractivity contribution in [3.8, 4) is 11.5 Å². The maximum atomic E-state index is 13.9. The molecule has 2 aromatic carbocycles. The van der Waals surface area contributed by atoms with Gasteiger partial charge in [0, 0.05) is 5.56 Å². The first-order chi connectivity index (χ1) is 8.99. The van der Waals surface area contributed by atoms with Crippen LogP contribution < -0.4 is 4.74 Å². The summed E-state index contributed by atoms with van der Waals surface area (Å²) in [5, 5.41) is 9.68. The molecular formula is C16H17FO2. The van der Waals surface area contributed by atoms with E-state index in [1.54, 1.807) is 19.1 Å². The molecule has 2 rings (SSSR count). The Hall–Kier alpha value is -1.87. The van der Waals surface area contributed by atoms with E-state index in [4.69, 9.17) is 4.74 Å². The molecule has 100 valence electrons. The molecule has 0 unspecified atom stereocenters. The molecule has 0 spiro atoms. The quantitative estimate of drug-likeness (QED) is 0.892. The van der Waals surface area contributed by atoms with Gasteiger partial charge < -0.3 is 9.84 Å². The minimum atomic E-state index is -0.782. The van der Waals surface area contributed by atoms with Crippen LogP contribution in [0.2, 0.25) is 0 Å². The first kappa shape index (κ1) is 13.6. The number of aryl methyl sites for hydroxylation is 2. The van der Waals surface area contributed by atoms with Gasteiger partial charge in [-0.3, -0.25) is 0 Å². The molecule has 1 N–H and O–H groups in total. The van der Waals surface area contributed by atoms with Crippen molar-refractivity contribution in [3.63, 3.8) is 0 Å². The second-order valence-corrected chi connectivity index (χ2v) is 4.71. The summed E-state index contributed by atoms with van der Waals surface area (Å²) < 4.78 is 19.6. The summed E-state index contributed by atoms with van der Waals surface area (Å²) in [6, 6.07) is 10.3. The van der Waals surface area contributed by atoms with Crippen molar-refractivity contribution < 1.29 is 14.2 Å². The zero-order chi connectivity index (χ0) is 14.0. The maximum absolute atomic E-state index is 13.9. The van der Waals surface area contributed by atoms with Gasteiger partial charge in [-0.1, -0.05) is 24.3 Å². The fourth-order valence-corrected chi connectivity index (χ4v) is 1.89. The summed E-state index contributed by atoms with van der Waals surface area (Å²) in [4.78, 5) is 0. The number of hydrogen-bond donors (Lipinski definition) is 1. The second-order valence-electron chi connectivity index (χ2n) is 4.71. The summed E-state index contributed by atoms with van der Waals surface area (Å²) in [6.07, 6.45) is -0.782. The molecule has 3 heteroatoms. The summed E-state index contributed by atoms with van der Waals surface area (Å²) in [6.45, 7) is 5.44. The van der Waals surface area contributed by atoms with Crippen molar-refractivity contribution >= 4 is 0 Å². The molecule has 2 aromatic rings. The highest BCUT2D eigenvalue weighted by Gasteiger charge is 2.15. The number of aliphatic hydroxyl groups is 1. The Bertz CT molecular complexity index is 591. The SMILES string of the molecule is Cc1ccc(C)c(Oc2c(F)cccc2[C@@H](C)O)c1. The smallest absolute Gasteiger partial charge is 0.168 e. The molecule has 0 aromatic heterocycles. The molecule has 0 heterocycles. The molecule has 0 amide bonds. The van der Waals surface area contributed by atoms with Crippen LogP contribution in [0.3, 0.4) is 0 Å². The van der Waals surface area contributed by atoms with Crippen LogP contribution in [0.15, 0.2) is 36.4 Å². The monoisotopic (exact) mass is 260 g/mol. The molecule has 19 heavy (non-hydrogen) atoms. The lowest BCUT2D eigenvalue weighted by Crippen LogP contribution is -1.99.